The lowest BCUT2D eigenvalue weighted by atomic mass is 10.1. The van der Waals surface area contributed by atoms with E-state index in [2.05, 4.69) is 21.2 Å². The lowest BCUT2D eigenvalue weighted by Gasteiger charge is -2.18. The monoisotopic (exact) mass is 357 g/mol. The van der Waals surface area contributed by atoms with Crippen LogP contribution in [0.2, 0.25) is 0 Å². The smallest absolute Gasteiger partial charge is 0.444 e. The van der Waals surface area contributed by atoms with E-state index in [0.29, 0.717) is 11.1 Å². The number of ether oxygens (including phenoxy) is 1. The molecule has 0 bridgehead atoms. The van der Waals surface area contributed by atoms with Crippen LogP contribution in [0.3, 0.4) is 0 Å². The van der Waals surface area contributed by atoms with Crippen molar-refractivity contribution in [1.82, 2.24) is 15.2 Å². The van der Waals surface area contributed by atoms with E-state index in [1.165, 1.54) is 25.3 Å². The summed E-state index contributed by atoms with van der Waals surface area (Å²) in [5, 5.41) is 4.28. The van der Waals surface area contributed by atoms with Gasteiger partial charge in [0, 0.05) is 5.56 Å². The van der Waals surface area contributed by atoms with Crippen molar-refractivity contribution in [3.8, 4) is 11.4 Å². The van der Waals surface area contributed by atoms with E-state index in [-0.39, 0.29) is 19.0 Å². The van der Waals surface area contributed by atoms with Crippen molar-refractivity contribution in [2.45, 2.75) is 12.7 Å². The Balaban J connectivity index is 2.07. The first kappa shape index (κ1) is 18.5. The molecule has 10 heteroatoms. The predicted molar refractivity (Wildman–Crippen MR) is 78.8 cm³/mol. The molecule has 0 saturated carbocycles. The van der Waals surface area contributed by atoms with Crippen LogP contribution in [0.1, 0.15) is 11.5 Å². The van der Waals surface area contributed by atoms with E-state index >= 15 is 0 Å². The molecule has 0 aliphatic carbocycles. The predicted octanol–water partition coefficient (Wildman–Crippen LogP) is 3.44. The van der Waals surface area contributed by atoms with Crippen LogP contribution in [0.4, 0.5) is 18.0 Å². The minimum absolute atomic E-state index is 0.0387. The molecule has 1 amide bonds. The molecule has 134 valence electrons. The van der Waals surface area contributed by atoms with Gasteiger partial charge in [-0.2, -0.15) is 23.2 Å². The number of carbonyl (C=O) groups excluding carboxylic acids is 1. The maximum Gasteiger partial charge on any atom is 0.471 e. The van der Waals surface area contributed by atoms with E-state index in [1.807, 2.05) is 0 Å². The molecule has 0 saturated heterocycles. The SMILES string of the molecule is C=CCOC(=O)N(Cc1ccc(-c2noc(C(F)(F)F)n2)cc1)OC. The highest BCUT2D eigenvalue weighted by molar-refractivity contribution is 5.66. The maximum absolute atomic E-state index is 12.5. The number of benzene rings is 1. The van der Waals surface area contributed by atoms with Gasteiger partial charge < -0.3 is 9.26 Å². The fourth-order valence-corrected chi connectivity index (χ4v) is 1.79. The summed E-state index contributed by atoms with van der Waals surface area (Å²) in [5.74, 6) is -1.60. The molecule has 0 radical (unpaired) electrons. The second kappa shape index (κ2) is 7.79. The first-order valence-electron chi connectivity index (χ1n) is 6.94. The first-order chi connectivity index (χ1) is 11.8. The standard InChI is InChI=1S/C15H14F3N3O4/c1-3-8-24-14(22)21(23-2)9-10-4-6-11(7-5-10)12-19-13(25-20-12)15(16,17)18/h3-7H,1,8-9H2,2H3. The Morgan fingerprint density at radius 3 is 2.56 bits per heavy atom. The summed E-state index contributed by atoms with van der Waals surface area (Å²) in [5.41, 5.74) is 0.988. The van der Waals surface area contributed by atoms with Gasteiger partial charge in [-0.15, -0.1) is 0 Å². The highest BCUT2D eigenvalue weighted by Crippen LogP contribution is 2.29. The van der Waals surface area contributed by atoms with Gasteiger partial charge in [-0.3, -0.25) is 4.84 Å². The van der Waals surface area contributed by atoms with Crippen molar-refractivity contribution in [2.24, 2.45) is 0 Å². The number of aromatic nitrogens is 2. The zero-order chi connectivity index (χ0) is 18.4. The molecule has 0 aliphatic heterocycles. The van der Waals surface area contributed by atoms with Crippen LogP contribution < -0.4 is 0 Å². The first-order valence-corrected chi connectivity index (χ1v) is 6.94. The Morgan fingerprint density at radius 1 is 1.36 bits per heavy atom. The van der Waals surface area contributed by atoms with Gasteiger partial charge in [0.2, 0.25) is 5.82 Å². The number of hydrogen-bond donors (Lipinski definition) is 0. The number of hydrogen-bond acceptors (Lipinski definition) is 6. The second-order valence-corrected chi connectivity index (χ2v) is 4.70. The van der Waals surface area contributed by atoms with Crippen LogP contribution in [-0.2, 0) is 22.3 Å². The molecule has 0 unspecified atom stereocenters. The van der Waals surface area contributed by atoms with Gasteiger partial charge in [0.05, 0.1) is 13.7 Å². The molecular weight excluding hydrogens is 343 g/mol. The number of hydroxylamine groups is 2. The van der Waals surface area contributed by atoms with Crippen LogP contribution in [0.5, 0.6) is 0 Å². The van der Waals surface area contributed by atoms with E-state index in [4.69, 9.17) is 9.57 Å². The van der Waals surface area contributed by atoms with Gasteiger partial charge in [-0.25, -0.2) is 4.79 Å². The number of nitrogens with zero attached hydrogens (tertiary/aromatic N) is 3. The number of carbonyl (C=O) groups is 1. The van der Waals surface area contributed by atoms with Gasteiger partial charge in [0.1, 0.15) is 6.61 Å². The second-order valence-electron chi connectivity index (χ2n) is 4.70. The average Bonchev–Trinajstić information content (AvgIpc) is 3.08. The van der Waals surface area contributed by atoms with Crippen molar-refractivity contribution in [2.75, 3.05) is 13.7 Å². The van der Waals surface area contributed by atoms with Crippen molar-refractivity contribution in [3.63, 3.8) is 0 Å². The summed E-state index contributed by atoms with van der Waals surface area (Å²) in [6.07, 6.45) is -3.98. The lowest BCUT2D eigenvalue weighted by Crippen LogP contribution is -2.30. The molecule has 1 aromatic heterocycles. The molecule has 0 aliphatic rings. The molecule has 25 heavy (non-hydrogen) atoms. The van der Waals surface area contributed by atoms with Gasteiger partial charge in [-0.1, -0.05) is 42.1 Å². The molecule has 1 aromatic carbocycles. The minimum Gasteiger partial charge on any atom is -0.444 e. The van der Waals surface area contributed by atoms with Gasteiger partial charge in [-0.05, 0) is 5.56 Å². The Labute approximate surface area is 140 Å². The average molecular weight is 357 g/mol. The number of amides is 1. The highest BCUT2D eigenvalue weighted by Gasteiger charge is 2.38. The largest absolute Gasteiger partial charge is 0.471 e. The third-order valence-corrected chi connectivity index (χ3v) is 2.96. The lowest BCUT2D eigenvalue weighted by molar-refractivity contribution is -0.159. The van der Waals surface area contributed by atoms with Crippen LogP contribution >= 0.6 is 0 Å². The Bertz CT molecular complexity index is 728. The fraction of sp³-hybridized carbons (Fsp3) is 0.267. The summed E-state index contributed by atoms with van der Waals surface area (Å²) in [7, 11) is 1.31. The number of rotatable bonds is 6. The maximum atomic E-state index is 12.5. The molecule has 0 N–H and O–H groups in total. The highest BCUT2D eigenvalue weighted by atomic mass is 19.4. The molecule has 0 spiro atoms. The van der Waals surface area contributed by atoms with Crippen LogP contribution in [0, 0.1) is 0 Å². The van der Waals surface area contributed by atoms with E-state index in [9.17, 15) is 18.0 Å². The van der Waals surface area contributed by atoms with Gasteiger partial charge in [0.25, 0.3) is 0 Å². The zero-order valence-corrected chi connectivity index (χ0v) is 13.1. The summed E-state index contributed by atoms with van der Waals surface area (Å²) < 4.78 is 46.4. The molecular formula is C15H14F3N3O4. The summed E-state index contributed by atoms with van der Waals surface area (Å²) in [6.45, 7) is 3.55. The third kappa shape index (κ3) is 4.80. The van der Waals surface area contributed by atoms with E-state index < -0.39 is 18.2 Å². The Morgan fingerprint density at radius 2 is 2.04 bits per heavy atom. The van der Waals surface area contributed by atoms with Gasteiger partial charge in [0.15, 0.2) is 0 Å². The zero-order valence-electron chi connectivity index (χ0n) is 13.1. The molecule has 0 atom stereocenters. The van der Waals surface area contributed by atoms with E-state index in [1.54, 1.807) is 12.1 Å². The molecule has 7 nitrogen and oxygen atoms in total. The normalized spacial score (nSPS) is 11.2. The Kier molecular flexibility index (Phi) is 5.75. The quantitative estimate of drug-likeness (QED) is 0.582. The number of alkyl halides is 3. The molecule has 2 rings (SSSR count). The van der Waals surface area contributed by atoms with Crippen molar-refractivity contribution in [1.29, 1.82) is 0 Å². The Hall–Kier alpha value is -2.88. The molecule has 1 heterocycles. The van der Waals surface area contributed by atoms with Crippen molar-refractivity contribution in [3.05, 3.63) is 48.4 Å². The van der Waals surface area contributed by atoms with Crippen LogP contribution in [-0.4, -0.2) is 35.0 Å². The molecule has 0 fully saturated rings. The van der Waals surface area contributed by atoms with Crippen LogP contribution in [0.15, 0.2) is 41.4 Å². The van der Waals surface area contributed by atoms with Crippen LogP contribution in [0.25, 0.3) is 11.4 Å². The van der Waals surface area contributed by atoms with Crippen molar-refractivity contribution >= 4 is 6.09 Å². The van der Waals surface area contributed by atoms with Crippen molar-refractivity contribution < 1.29 is 32.1 Å². The van der Waals surface area contributed by atoms with Gasteiger partial charge >= 0.3 is 18.2 Å². The summed E-state index contributed by atoms with van der Waals surface area (Å²) >= 11 is 0. The fourth-order valence-electron chi connectivity index (χ4n) is 1.79. The van der Waals surface area contributed by atoms with E-state index in [0.717, 1.165) is 5.06 Å². The minimum atomic E-state index is -4.70. The third-order valence-electron chi connectivity index (χ3n) is 2.96. The summed E-state index contributed by atoms with van der Waals surface area (Å²) in [6, 6.07) is 6.18. The topological polar surface area (TPSA) is 77.7 Å². The molecule has 2 aromatic rings. The number of halogens is 3. The summed E-state index contributed by atoms with van der Waals surface area (Å²) in [4.78, 5) is 19.9.